The quantitative estimate of drug-likeness (QED) is 0.729. The minimum absolute atomic E-state index is 0.662. The maximum absolute atomic E-state index is 3.59. The fraction of sp³-hybridized carbons (Fsp3) is 1.00. The van der Waals surface area contributed by atoms with E-state index in [1.54, 1.807) is 0 Å². The Morgan fingerprint density at radius 2 is 2.14 bits per heavy atom. The van der Waals surface area contributed by atoms with Crippen LogP contribution in [0.1, 0.15) is 47.0 Å². The van der Waals surface area contributed by atoms with Gasteiger partial charge < -0.3 is 5.32 Å². The van der Waals surface area contributed by atoms with Gasteiger partial charge in [0.05, 0.1) is 0 Å². The van der Waals surface area contributed by atoms with Crippen LogP contribution >= 0.6 is 0 Å². The summed E-state index contributed by atoms with van der Waals surface area (Å²) in [5, 5.41) is 3.59. The Labute approximate surface area is 89.1 Å². The van der Waals surface area contributed by atoms with Crippen LogP contribution in [0, 0.1) is 0 Å². The van der Waals surface area contributed by atoms with Crippen molar-refractivity contribution in [2.75, 3.05) is 13.1 Å². The van der Waals surface area contributed by atoms with Gasteiger partial charge in [0.25, 0.3) is 0 Å². The third kappa shape index (κ3) is 3.25. The minimum atomic E-state index is 0.662. The summed E-state index contributed by atoms with van der Waals surface area (Å²) in [7, 11) is 0. The normalized spacial score (nSPS) is 27.9. The monoisotopic (exact) mass is 198 g/mol. The third-order valence-electron chi connectivity index (χ3n) is 3.54. The summed E-state index contributed by atoms with van der Waals surface area (Å²) < 4.78 is 0. The topological polar surface area (TPSA) is 15.3 Å². The summed E-state index contributed by atoms with van der Waals surface area (Å²) in [4.78, 5) is 2.63. The van der Waals surface area contributed by atoms with Gasteiger partial charge in [-0.2, -0.15) is 0 Å². The van der Waals surface area contributed by atoms with Gasteiger partial charge in [-0.15, -0.1) is 0 Å². The molecule has 0 saturated carbocycles. The van der Waals surface area contributed by atoms with E-state index in [1.165, 1.54) is 25.8 Å². The molecular formula is C12H26N2. The molecule has 1 saturated heterocycles. The molecule has 2 nitrogen and oxygen atoms in total. The maximum atomic E-state index is 3.59. The Balaban J connectivity index is 2.23. The molecule has 3 unspecified atom stereocenters. The van der Waals surface area contributed by atoms with Crippen LogP contribution in [0.25, 0.3) is 0 Å². The van der Waals surface area contributed by atoms with Gasteiger partial charge in [-0.25, -0.2) is 0 Å². The van der Waals surface area contributed by atoms with Crippen molar-refractivity contribution in [2.24, 2.45) is 0 Å². The zero-order valence-corrected chi connectivity index (χ0v) is 10.2. The third-order valence-corrected chi connectivity index (χ3v) is 3.54. The summed E-state index contributed by atoms with van der Waals surface area (Å²) in [6.45, 7) is 11.6. The van der Waals surface area contributed by atoms with Crippen molar-refractivity contribution in [3.05, 3.63) is 0 Å². The van der Waals surface area contributed by atoms with Crippen LogP contribution in [-0.4, -0.2) is 36.1 Å². The fourth-order valence-corrected chi connectivity index (χ4v) is 2.24. The highest BCUT2D eigenvalue weighted by Crippen LogP contribution is 2.18. The van der Waals surface area contributed by atoms with Gasteiger partial charge in [0.15, 0.2) is 0 Å². The molecule has 14 heavy (non-hydrogen) atoms. The number of nitrogens with zero attached hydrogens (tertiary/aromatic N) is 1. The van der Waals surface area contributed by atoms with Gasteiger partial charge in [0.2, 0.25) is 0 Å². The maximum Gasteiger partial charge on any atom is 0.0195 e. The molecule has 0 spiro atoms. The molecule has 0 amide bonds. The van der Waals surface area contributed by atoms with Crippen molar-refractivity contribution < 1.29 is 0 Å². The van der Waals surface area contributed by atoms with Crippen LogP contribution in [0.15, 0.2) is 0 Å². The minimum Gasteiger partial charge on any atom is -0.313 e. The number of hydrogen-bond donors (Lipinski definition) is 1. The molecule has 2 heteroatoms. The first kappa shape index (κ1) is 12.0. The molecule has 0 aliphatic carbocycles. The first-order chi connectivity index (χ1) is 6.65. The molecule has 1 rings (SSSR count). The second-order valence-electron chi connectivity index (χ2n) is 4.80. The average molecular weight is 198 g/mol. The highest BCUT2D eigenvalue weighted by atomic mass is 15.2. The second-order valence-corrected chi connectivity index (χ2v) is 4.80. The molecule has 3 atom stereocenters. The van der Waals surface area contributed by atoms with Gasteiger partial charge in [0.1, 0.15) is 0 Å². The van der Waals surface area contributed by atoms with Crippen LogP contribution in [0.5, 0.6) is 0 Å². The van der Waals surface area contributed by atoms with Gasteiger partial charge >= 0.3 is 0 Å². The molecule has 0 bridgehead atoms. The van der Waals surface area contributed by atoms with Gasteiger partial charge in [-0.1, -0.05) is 6.92 Å². The zero-order chi connectivity index (χ0) is 10.6. The number of likely N-dealkylation sites (tertiary alicyclic amines) is 1. The van der Waals surface area contributed by atoms with Crippen LogP contribution in [0.3, 0.4) is 0 Å². The van der Waals surface area contributed by atoms with E-state index >= 15 is 0 Å². The molecule has 84 valence electrons. The lowest BCUT2D eigenvalue weighted by molar-refractivity contribution is 0.195. The molecular weight excluding hydrogens is 172 g/mol. The van der Waals surface area contributed by atoms with Crippen LogP contribution in [0.4, 0.5) is 0 Å². The summed E-state index contributed by atoms with van der Waals surface area (Å²) in [6.07, 6.45) is 3.99. The van der Waals surface area contributed by atoms with Gasteiger partial charge in [-0.05, 0) is 46.6 Å². The van der Waals surface area contributed by atoms with E-state index in [0.717, 1.165) is 12.6 Å². The molecule has 0 aromatic heterocycles. The molecule has 0 aromatic rings. The van der Waals surface area contributed by atoms with Gasteiger partial charge in [-0.3, -0.25) is 4.90 Å². The van der Waals surface area contributed by atoms with Crippen molar-refractivity contribution in [1.29, 1.82) is 0 Å². The van der Waals surface area contributed by atoms with E-state index in [4.69, 9.17) is 0 Å². The van der Waals surface area contributed by atoms with E-state index in [9.17, 15) is 0 Å². The van der Waals surface area contributed by atoms with Crippen molar-refractivity contribution in [1.82, 2.24) is 10.2 Å². The van der Waals surface area contributed by atoms with E-state index in [1.807, 2.05) is 0 Å². The highest BCUT2D eigenvalue weighted by molar-refractivity contribution is 4.81. The predicted molar refractivity (Wildman–Crippen MR) is 62.6 cm³/mol. The summed E-state index contributed by atoms with van der Waals surface area (Å²) in [6, 6.07) is 2.15. The smallest absolute Gasteiger partial charge is 0.0195 e. The molecule has 1 N–H and O–H groups in total. The van der Waals surface area contributed by atoms with Crippen molar-refractivity contribution in [3.8, 4) is 0 Å². The summed E-state index contributed by atoms with van der Waals surface area (Å²) in [5.41, 5.74) is 0. The van der Waals surface area contributed by atoms with Crippen molar-refractivity contribution in [3.63, 3.8) is 0 Å². The lowest BCUT2D eigenvalue weighted by Crippen LogP contribution is -2.44. The Morgan fingerprint density at radius 1 is 1.43 bits per heavy atom. The Hall–Kier alpha value is -0.0800. The fourth-order valence-electron chi connectivity index (χ4n) is 2.24. The van der Waals surface area contributed by atoms with E-state index < -0.39 is 0 Å². The first-order valence-electron chi connectivity index (χ1n) is 6.14. The highest BCUT2D eigenvalue weighted by Gasteiger charge is 2.24. The Kier molecular flexibility index (Phi) is 4.90. The predicted octanol–water partition coefficient (Wildman–Crippen LogP) is 2.25. The van der Waals surface area contributed by atoms with Crippen LogP contribution in [-0.2, 0) is 0 Å². The molecule has 0 aromatic carbocycles. The Morgan fingerprint density at radius 3 is 2.64 bits per heavy atom. The SMILES string of the molecule is CCC(C)NCC(C)N1CCCC1C. The zero-order valence-electron chi connectivity index (χ0n) is 10.2. The largest absolute Gasteiger partial charge is 0.313 e. The van der Waals surface area contributed by atoms with E-state index in [0.29, 0.717) is 12.1 Å². The lowest BCUT2D eigenvalue weighted by atomic mass is 10.2. The van der Waals surface area contributed by atoms with Gasteiger partial charge in [0, 0.05) is 24.7 Å². The molecule has 1 fully saturated rings. The van der Waals surface area contributed by atoms with E-state index in [-0.39, 0.29) is 0 Å². The van der Waals surface area contributed by atoms with Crippen molar-refractivity contribution >= 4 is 0 Å². The number of nitrogens with one attached hydrogen (secondary N) is 1. The molecule has 1 aliphatic heterocycles. The second kappa shape index (κ2) is 5.72. The Bertz CT molecular complexity index is 158. The van der Waals surface area contributed by atoms with E-state index in [2.05, 4.69) is 37.9 Å². The van der Waals surface area contributed by atoms with Crippen LogP contribution in [0.2, 0.25) is 0 Å². The standard InChI is InChI=1S/C12H26N2/c1-5-10(2)13-9-12(4)14-8-6-7-11(14)3/h10-13H,5-9H2,1-4H3. The number of rotatable bonds is 5. The van der Waals surface area contributed by atoms with Crippen LogP contribution < -0.4 is 5.32 Å². The number of hydrogen-bond acceptors (Lipinski definition) is 2. The molecule has 1 aliphatic rings. The molecule has 1 heterocycles. The van der Waals surface area contributed by atoms with Crippen molar-refractivity contribution in [2.45, 2.75) is 65.1 Å². The lowest BCUT2D eigenvalue weighted by Gasteiger charge is -2.29. The summed E-state index contributed by atoms with van der Waals surface area (Å²) in [5.74, 6) is 0. The molecule has 0 radical (unpaired) electrons. The first-order valence-corrected chi connectivity index (χ1v) is 6.14. The average Bonchev–Trinajstić information content (AvgIpc) is 2.60. The summed E-state index contributed by atoms with van der Waals surface area (Å²) >= 11 is 0.